The van der Waals surface area contributed by atoms with Crippen LogP contribution >= 0.6 is 0 Å². The van der Waals surface area contributed by atoms with Crippen molar-refractivity contribution in [1.82, 2.24) is 4.98 Å². The van der Waals surface area contributed by atoms with E-state index >= 15 is 0 Å². The van der Waals surface area contributed by atoms with Gasteiger partial charge in [-0.2, -0.15) is 0 Å². The second-order valence-corrected chi connectivity index (χ2v) is 4.36. The summed E-state index contributed by atoms with van der Waals surface area (Å²) >= 11 is 0. The second-order valence-electron chi connectivity index (χ2n) is 4.36. The molecule has 0 saturated heterocycles. The fourth-order valence-corrected chi connectivity index (χ4v) is 2.08. The van der Waals surface area contributed by atoms with Crippen LogP contribution in [-0.4, -0.2) is 16.5 Å². The molecule has 0 aliphatic carbocycles. The first-order valence-corrected chi connectivity index (χ1v) is 6.28. The molecule has 1 aromatic heterocycles. The summed E-state index contributed by atoms with van der Waals surface area (Å²) in [4.78, 5) is 16.3. The Kier molecular flexibility index (Phi) is 3.84. The topological polar surface area (TPSA) is 85.3 Å². The number of nitrogens with zero attached hydrogens (tertiary/aromatic N) is 3. The maximum Gasteiger partial charge on any atom is 0.311 e. The summed E-state index contributed by atoms with van der Waals surface area (Å²) in [5.41, 5.74) is 7.59. The van der Waals surface area contributed by atoms with Crippen LogP contribution in [0.4, 0.5) is 23.0 Å². The van der Waals surface area contributed by atoms with Crippen LogP contribution in [0.25, 0.3) is 0 Å². The number of para-hydroxylation sites is 1. The van der Waals surface area contributed by atoms with Gasteiger partial charge in [-0.05, 0) is 31.5 Å². The molecule has 0 amide bonds. The number of nitro groups is 1. The third kappa shape index (κ3) is 2.54. The minimum Gasteiger partial charge on any atom is -0.378 e. The van der Waals surface area contributed by atoms with E-state index in [-0.39, 0.29) is 11.5 Å². The molecule has 0 bridgehead atoms. The SMILES string of the molecule is CCN(c1ccc([N+](=O)[O-])c(N)n1)c1ccccc1C. The largest absolute Gasteiger partial charge is 0.378 e. The summed E-state index contributed by atoms with van der Waals surface area (Å²) in [6.45, 7) is 4.69. The first-order chi connectivity index (χ1) is 9.54. The van der Waals surface area contributed by atoms with Gasteiger partial charge in [0.05, 0.1) is 4.92 Å². The minimum absolute atomic E-state index is 0.0699. The summed E-state index contributed by atoms with van der Waals surface area (Å²) in [6.07, 6.45) is 0. The molecule has 6 nitrogen and oxygen atoms in total. The van der Waals surface area contributed by atoms with Crippen LogP contribution in [0.3, 0.4) is 0 Å². The van der Waals surface area contributed by atoms with Gasteiger partial charge in [-0.15, -0.1) is 0 Å². The zero-order valence-corrected chi connectivity index (χ0v) is 11.4. The highest BCUT2D eigenvalue weighted by Gasteiger charge is 2.17. The standard InChI is InChI=1S/C14H16N4O2/c1-3-17(11-7-5-4-6-10(11)2)13-9-8-12(18(19)20)14(15)16-13/h4-9H,3H2,1-2H3,(H2,15,16). The molecular formula is C14H16N4O2. The lowest BCUT2D eigenvalue weighted by Crippen LogP contribution is -2.19. The maximum atomic E-state index is 10.8. The Hall–Kier alpha value is -2.63. The van der Waals surface area contributed by atoms with Gasteiger partial charge in [0.15, 0.2) is 0 Å². The fraction of sp³-hybridized carbons (Fsp3) is 0.214. The smallest absolute Gasteiger partial charge is 0.311 e. The number of benzene rings is 1. The number of hydrogen-bond donors (Lipinski definition) is 1. The van der Waals surface area contributed by atoms with Gasteiger partial charge in [-0.3, -0.25) is 10.1 Å². The molecule has 2 N–H and O–H groups in total. The van der Waals surface area contributed by atoms with Crippen LogP contribution in [0.2, 0.25) is 0 Å². The van der Waals surface area contributed by atoms with E-state index in [1.807, 2.05) is 43.0 Å². The van der Waals surface area contributed by atoms with Crippen molar-refractivity contribution in [3.8, 4) is 0 Å². The van der Waals surface area contributed by atoms with Gasteiger partial charge in [0, 0.05) is 18.3 Å². The van der Waals surface area contributed by atoms with Crippen molar-refractivity contribution < 1.29 is 4.92 Å². The van der Waals surface area contributed by atoms with E-state index in [9.17, 15) is 10.1 Å². The Morgan fingerprint density at radius 3 is 2.55 bits per heavy atom. The second kappa shape index (κ2) is 5.56. The molecule has 2 aromatic rings. The lowest BCUT2D eigenvalue weighted by Gasteiger charge is -2.24. The summed E-state index contributed by atoms with van der Waals surface area (Å²) in [5.74, 6) is 0.532. The summed E-state index contributed by atoms with van der Waals surface area (Å²) < 4.78 is 0. The number of aromatic nitrogens is 1. The number of anilines is 3. The van der Waals surface area contributed by atoms with E-state index in [4.69, 9.17) is 5.73 Å². The van der Waals surface area contributed by atoms with Crippen LogP contribution in [0.15, 0.2) is 36.4 Å². The molecule has 0 fully saturated rings. The highest BCUT2D eigenvalue weighted by atomic mass is 16.6. The molecule has 0 radical (unpaired) electrons. The molecule has 2 rings (SSSR count). The Bertz CT molecular complexity index is 643. The highest BCUT2D eigenvalue weighted by molar-refractivity contribution is 5.67. The molecule has 0 aliphatic heterocycles. The van der Waals surface area contributed by atoms with Gasteiger partial charge in [0.25, 0.3) is 0 Å². The van der Waals surface area contributed by atoms with E-state index in [1.54, 1.807) is 6.07 Å². The van der Waals surface area contributed by atoms with Crippen molar-refractivity contribution in [2.45, 2.75) is 13.8 Å². The van der Waals surface area contributed by atoms with Crippen LogP contribution in [0, 0.1) is 17.0 Å². The van der Waals surface area contributed by atoms with E-state index in [1.165, 1.54) is 6.07 Å². The van der Waals surface area contributed by atoms with Gasteiger partial charge < -0.3 is 10.6 Å². The first-order valence-electron chi connectivity index (χ1n) is 6.28. The van der Waals surface area contributed by atoms with Crippen molar-refractivity contribution in [3.05, 3.63) is 52.1 Å². The minimum atomic E-state index is -0.532. The lowest BCUT2D eigenvalue weighted by atomic mass is 10.2. The Morgan fingerprint density at radius 2 is 2.00 bits per heavy atom. The lowest BCUT2D eigenvalue weighted by molar-refractivity contribution is -0.384. The number of hydrogen-bond acceptors (Lipinski definition) is 5. The Balaban J connectivity index is 2.46. The quantitative estimate of drug-likeness (QED) is 0.683. The first kappa shape index (κ1) is 13.8. The van der Waals surface area contributed by atoms with Gasteiger partial charge in [0.2, 0.25) is 5.82 Å². The summed E-state index contributed by atoms with van der Waals surface area (Å²) in [7, 11) is 0. The van der Waals surface area contributed by atoms with Crippen LogP contribution < -0.4 is 10.6 Å². The monoisotopic (exact) mass is 272 g/mol. The molecule has 6 heteroatoms. The third-order valence-electron chi connectivity index (χ3n) is 3.08. The van der Waals surface area contributed by atoms with Crippen LogP contribution in [-0.2, 0) is 0 Å². The van der Waals surface area contributed by atoms with Crippen molar-refractivity contribution in [3.63, 3.8) is 0 Å². The van der Waals surface area contributed by atoms with Gasteiger partial charge in [-0.25, -0.2) is 4.98 Å². The molecule has 0 aliphatic rings. The van der Waals surface area contributed by atoms with E-state index in [0.29, 0.717) is 12.4 Å². The number of nitrogens with two attached hydrogens (primary N) is 1. The van der Waals surface area contributed by atoms with Gasteiger partial charge in [0.1, 0.15) is 5.82 Å². The Labute approximate surface area is 117 Å². The number of nitrogen functional groups attached to an aromatic ring is 1. The molecule has 104 valence electrons. The van der Waals surface area contributed by atoms with E-state index < -0.39 is 4.92 Å². The molecule has 1 heterocycles. The fourth-order valence-electron chi connectivity index (χ4n) is 2.08. The molecule has 0 unspecified atom stereocenters. The van der Waals surface area contributed by atoms with Gasteiger partial charge in [-0.1, -0.05) is 18.2 Å². The normalized spacial score (nSPS) is 10.3. The van der Waals surface area contributed by atoms with E-state index in [2.05, 4.69) is 4.98 Å². The predicted molar refractivity (Wildman–Crippen MR) is 79.2 cm³/mol. The summed E-state index contributed by atoms with van der Waals surface area (Å²) in [5, 5.41) is 10.8. The molecule has 0 atom stereocenters. The zero-order valence-electron chi connectivity index (χ0n) is 11.4. The van der Waals surface area contributed by atoms with Crippen molar-refractivity contribution in [1.29, 1.82) is 0 Å². The number of rotatable bonds is 4. The van der Waals surface area contributed by atoms with Gasteiger partial charge >= 0.3 is 5.69 Å². The molecule has 0 saturated carbocycles. The van der Waals surface area contributed by atoms with Crippen molar-refractivity contribution >= 4 is 23.0 Å². The Morgan fingerprint density at radius 1 is 1.30 bits per heavy atom. The number of pyridine rings is 1. The van der Waals surface area contributed by atoms with Crippen LogP contribution in [0.5, 0.6) is 0 Å². The maximum absolute atomic E-state index is 10.8. The number of aryl methyl sites for hydroxylation is 1. The highest BCUT2D eigenvalue weighted by Crippen LogP contribution is 2.29. The van der Waals surface area contributed by atoms with E-state index in [0.717, 1.165) is 11.3 Å². The summed E-state index contributed by atoms with van der Waals surface area (Å²) in [6, 6.07) is 10.9. The average molecular weight is 272 g/mol. The van der Waals surface area contributed by atoms with Crippen LogP contribution in [0.1, 0.15) is 12.5 Å². The van der Waals surface area contributed by atoms with Crippen molar-refractivity contribution in [2.24, 2.45) is 0 Å². The predicted octanol–water partition coefficient (Wildman–Crippen LogP) is 3.04. The molecule has 1 aromatic carbocycles. The molecule has 20 heavy (non-hydrogen) atoms. The third-order valence-corrected chi connectivity index (χ3v) is 3.08. The van der Waals surface area contributed by atoms with Crippen molar-refractivity contribution in [2.75, 3.05) is 17.2 Å². The molecule has 0 spiro atoms. The average Bonchev–Trinajstić information content (AvgIpc) is 2.41. The molecular weight excluding hydrogens is 256 g/mol. The zero-order chi connectivity index (χ0) is 14.7.